The molecule has 1 rings (SSSR count). The highest BCUT2D eigenvalue weighted by molar-refractivity contribution is 5.74. The van der Waals surface area contributed by atoms with Gasteiger partial charge < -0.3 is 39.0 Å². The molecule has 81 heavy (non-hydrogen) atoms. The maximum atomic E-state index is 13.2. The van der Waals surface area contributed by atoms with Crippen LogP contribution >= 0.6 is 0 Å². The summed E-state index contributed by atoms with van der Waals surface area (Å²) in [6.45, 7) is 5.87. The van der Waals surface area contributed by atoms with Gasteiger partial charge in [-0.15, -0.1) is 0 Å². The van der Waals surface area contributed by atoms with E-state index in [0.717, 1.165) is 128 Å². The lowest BCUT2D eigenvalue weighted by Crippen LogP contribution is -2.61. The van der Waals surface area contributed by atoms with Crippen molar-refractivity contribution in [1.82, 2.24) is 0 Å². The molecule has 0 aromatic carbocycles. The molecule has 6 unspecified atom stereocenters. The van der Waals surface area contributed by atoms with Gasteiger partial charge in [0.1, 0.15) is 18.8 Å². The van der Waals surface area contributed by atoms with E-state index in [1.54, 1.807) is 0 Å². The fourth-order valence-electron chi connectivity index (χ4n) is 9.74. The number of carbonyl (C=O) groups excluding carboxylic acids is 3. The van der Waals surface area contributed by atoms with Crippen LogP contribution in [-0.2, 0) is 42.9 Å². The number of aliphatic hydroxyl groups excluding tert-OH is 2. The Morgan fingerprint density at radius 3 is 1.21 bits per heavy atom. The van der Waals surface area contributed by atoms with Crippen molar-refractivity contribution in [2.24, 2.45) is 0 Å². The van der Waals surface area contributed by atoms with Crippen LogP contribution in [-0.4, -0.2) is 89.2 Å². The molecule has 12 nitrogen and oxygen atoms in total. The third kappa shape index (κ3) is 46.3. The number of carbonyl (C=O) groups is 4. The number of aliphatic hydroxyl groups is 2. The number of esters is 3. The smallest absolute Gasteiger partial charge is 0.335 e. The SMILES string of the molecule is CC/C=C\C/C=C\C/C=C\C/C=C\CCCCCCCCC(=O)OCC(COC1OC(C(=O)O)C(O)C(O)C1OC(=O)CCCCCCCCCCCCCCC)OC(=O)CCCCCCCCCCC/C=C\C/C=C\CCCCC. The Labute approximate surface area is 493 Å². The van der Waals surface area contributed by atoms with Crippen molar-refractivity contribution < 1.29 is 58.2 Å². The molecule has 1 aliphatic heterocycles. The van der Waals surface area contributed by atoms with Crippen LogP contribution in [0.2, 0.25) is 0 Å². The summed E-state index contributed by atoms with van der Waals surface area (Å²) in [5, 5.41) is 31.6. The summed E-state index contributed by atoms with van der Waals surface area (Å²) in [7, 11) is 0. The van der Waals surface area contributed by atoms with Gasteiger partial charge in [-0.05, 0) is 89.9 Å². The van der Waals surface area contributed by atoms with E-state index in [1.165, 1.54) is 103 Å². The van der Waals surface area contributed by atoms with Crippen LogP contribution in [0.25, 0.3) is 0 Å². The van der Waals surface area contributed by atoms with Crippen LogP contribution in [0.5, 0.6) is 0 Å². The van der Waals surface area contributed by atoms with Gasteiger partial charge in [-0.3, -0.25) is 14.4 Å². The van der Waals surface area contributed by atoms with E-state index in [0.29, 0.717) is 19.3 Å². The quantitative estimate of drug-likeness (QED) is 0.0228. The molecule has 466 valence electrons. The Morgan fingerprint density at radius 2 is 0.778 bits per heavy atom. The second-order valence-corrected chi connectivity index (χ2v) is 22.4. The molecule has 0 radical (unpaired) electrons. The minimum atomic E-state index is -1.91. The fourth-order valence-corrected chi connectivity index (χ4v) is 9.74. The molecule has 0 amide bonds. The molecule has 0 aromatic heterocycles. The number of unbranched alkanes of at least 4 members (excludes halogenated alkanes) is 30. The van der Waals surface area contributed by atoms with Crippen LogP contribution < -0.4 is 0 Å². The standard InChI is InChI=1S/C69H118O12/c1-4-7-10-13-16-19-22-25-27-29-31-33-35-38-40-43-46-49-52-55-61(70)77-58-60(79-62(71)56-53-50-47-44-42-39-36-34-32-30-28-26-23-20-17-14-11-8-5-2)59-78-69-67(65(74)64(73)66(81-69)68(75)76)80-63(72)57-54-51-48-45-41-37-24-21-18-15-12-9-6-3/h7,10,16-17,19-20,25-28,31,33,60,64-67,69,73-74H,4-6,8-9,11-15,18,21-24,29-30,32,34-59H2,1-3H3,(H,75,76)/b10-7-,19-16-,20-17-,27-25-,28-26-,33-31-. The molecule has 1 saturated heterocycles. The van der Waals surface area contributed by atoms with Gasteiger partial charge in [-0.25, -0.2) is 4.79 Å². The molecule has 0 bridgehead atoms. The maximum Gasteiger partial charge on any atom is 0.335 e. The number of aliphatic carboxylic acids is 1. The number of carboxylic acids is 1. The van der Waals surface area contributed by atoms with Crippen molar-refractivity contribution >= 4 is 23.9 Å². The van der Waals surface area contributed by atoms with Crippen LogP contribution in [0.15, 0.2) is 72.9 Å². The number of hydrogen-bond donors (Lipinski definition) is 3. The van der Waals surface area contributed by atoms with Crippen LogP contribution in [0.4, 0.5) is 0 Å². The number of carboxylic acid groups (broad SMARTS) is 1. The second-order valence-electron chi connectivity index (χ2n) is 22.4. The Kier molecular flexibility index (Phi) is 52.6. The zero-order valence-electron chi connectivity index (χ0n) is 51.5. The van der Waals surface area contributed by atoms with Gasteiger partial charge in [0, 0.05) is 19.3 Å². The highest BCUT2D eigenvalue weighted by Gasteiger charge is 2.50. The lowest BCUT2D eigenvalue weighted by Gasteiger charge is -2.40. The van der Waals surface area contributed by atoms with E-state index >= 15 is 0 Å². The predicted octanol–water partition coefficient (Wildman–Crippen LogP) is 17.7. The highest BCUT2D eigenvalue weighted by Crippen LogP contribution is 2.27. The fraction of sp³-hybridized carbons (Fsp3) is 0.768. The summed E-state index contributed by atoms with van der Waals surface area (Å²) in [5.41, 5.74) is 0. The Morgan fingerprint density at radius 1 is 0.420 bits per heavy atom. The number of hydrogen-bond acceptors (Lipinski definition) is 11. The molecule has 0 saturated carbocycles. The molecule has 0 aliphatic carbocycles. The monoisotopic (exact) mass is 1140 g/mol. The van der Waals surface area contributed by atoms with E-state index in [4.69, 9.17) is 23.7 Å². The first-order valence-electron chi connectivity index (χ1n) is 32.9. The van der Waals surface area contributed by atoms with Gasteiger partial charge in [0.25, 0.3) is 0 Å². The lowest BCUT2D eigenvalue weighted by atomic mass is 9.98. The lowest BCUT2D eigenvalue weighted by molar-refractivity contribution is -0.301. The predicted molar refractivity (Wildman–Crippen MR) is 331 cm³/mol. The third-order valence-corrected chi connectivity index (χ3v) is 14.8. The maximum absolute atomic E-state index is 13.2. The summed E-state index contributed by atoms with van der Waals surface area (Å²) in [5.74, 6) is -3.12. The summed E-state index contributed by atoms with van der Waals surface area (Å²) < 4.78 is 28.5. The average molecular weight is 1140 g/mol. The molecule has 1 fully saturated rings. The molecule has 0 aromatic rings. The van der Waals surface area contributed by atoms with Crippen molar-refractivity contribution in [2.75, 3.05) is 13.2 Å². The van der Waals surface area contributed by atoms with E-state index in [9.17, 15) is 34.5 Å². The molecule has 3 N–H and O–H groups in total. The van der Waals surface area contributed by atoms with E-state index < -0.39 is 67.3 Å². The number of rotatable bonds is 56. The van der Waals surface area contributed by atoms with Crippen molar-refractivity contribution in [3.05, 3.63) is 72.9 Å². The topological polar surface area (TPSA) is 175 Å². The molecular weight excluding hydrogens is 1020 g/mol. The van der Waals surface area contributed by atoms with Gasteiger partial charge in [-0.2, -0.15) is 0 Å². The molecule has 12 heteroatoms. The minimum Gasteiger partial charge on any atom is -0.479 e. The molecular formula is C69H118O12. The van der Waals surface area contributed by atoms with E-state index in [-0.39, 0.29) is 25.9 Å². The third-order valence-electron chi connectivity index (χ3n) is 14.8. The molecule has 6 atom stereocenters. The van der Waals surface area contributed by atoms with Gasteiger partial charge in [0.2, 0.25) is 0 Å². The summed E-state index contributed by atoms with van der Waals surface area (Å²) in [6.07, 6.45) is 60.0. The average Bonchev–Trinajstić information content (AvgIpc) is 3.46. The number of allylic oxidation sites excluding steroid dienone is 12. The normalized spacial score (nSPS) is 18.2. The van der Waals surface area contributed by atoms with Crippen molar-refractivity contribution in [3.8, 4) is 0 Å². The first-order valence-corrected chi connectivity index (χ1v) is 32.9. The van der Waals surface area contributed by atoms with Crippen molar-refractivity contribution in [2.45, 2.75) is 327 Å². The molecule has 0 spiro atoms. The molecule has 1 heterocycles. The summed E-state index contributed by atoms with van der Waals surface area (Å²) >= 11 is 0. The zero-order chi connectivity index (χ0) is 58.9. The first kappa shape index (κ1) is 75.2. The zero-order valence-corrected chi connectivity index (χ0v) is 51.5. The van der Waals surface area contributed by atoms with Gasteiger partial charge in [0.15, 0.2) is 24.6 Å². The van der Waals surface area contributed by atoms with Crippen LogP contribution in [0.3, 0.4) is 0 Å². The first-order chi connectivity index (χ1) is 39.6. The largest absolute Gasteiger partial charge is 0.479 e. The Hall–Kier alpha value is -3.84. The number of ether oxygens (including phenoxy) is 5. The second kappa shape index (κ2) is 56.6. The van der Waals surface area contributed by atoms with Gasteiger partial charge in [-0.1, -0.05) is 254 Å². The van der Waals surface area contributed by atoms with Crippen molar-refractivity contribution in [3.63, 3.8) is 0 Å². The van der Waals surface area contributed by atoms with Crippen LogP contribution in [0.1, 0.15) is 290 Å². The van der Waals surface area contributed by atoms with E-state index in [1.807, 2.05) is 0 Å². The summed E-state index contributed by atoms with van der Waals surface area (Å²) in [6, 6.07) is 0. The Bertz CT molecular complexity index is 1680. The van der Waals surface area contributed by atoms with Gasteiger partial charge in [0.05, 0.1) is 6.61 Å². The molecule has 1 aliphatic rings. The minimum absolute atomic E-state index is 0.0605. The van der Waals surface area contributed by atoms with Crippen LogP contribution in [0, 0.1) is 0 Å². The summed E-state index contributed by atoms with van der Waals surface area (Å²) in [4.78, 5) is 51.3. The Balaban J connectivity index is 2.66. The van der Waals surface area contributed by atoms with E-state index in [2.05, 4.69) is 93.7 Å². The highest BCUT2D eigenvalue weighted by atomic mass is 16.7. The van der Waals surface area contributed by atoms with Crippen molar-refractivity contribution in [1.29, 1.82) is 0 Å². The van der Waals surface area contributed by atoms with Gasteiger partial charge >= 0.3 is 23.9 Å².